The molecule has 1 aliphatic heterocycles. The zero-order chi connectivity index (χ0) is 12.8. The fraction of sp³-hybridized carbons (Fsp3) is 0.500. The van der Waals surface area contributed by atoms with Gasteiger partial charge in [-0.25, -0.2) is 0 Å². The summed E-state index contributed by atoms with van der Waals surface area (Å²) in [6, 6.07) is 4.01. The number of piperidine rings is 1. The molecule has 18 heavy (non-hydrogen) atoms. The summed E-state index contributed by atoms with van der Waals surface area (Å²) in [7, 11) is 0. The van der Waals surface area contributed by atoms with E-state index >= 15 is 0 Å². The molecule has 1 aliphatic rings. The van der Waals surface area contributed by atoms with Crippen molar-refractivity contribution < 1.29 is 4.79 Å². The van der Waals surface area contributed by atoms with Gasteiger partial charge in [-0.05, 0) is 49.2 Å². The first kappa shape index (κ1) is 13.3. The smallest absolute Gasteiger partial charge is 0.246 e. The van der Waals surface area contributed by atoms with E-state index in [1.165, 1.54) is 6.42 Å². The van der Waals surface area contributed by atoms with Crippen molar-refractivity contribution in [3.05, 3.63) is 28.5 Å². The van der Waals surface area contributed by atoms with Gasteiger partial charge < -0.3 is 10.6 Å². The van der Waals surface area contributed by atoms with E-state index in [1.807, 2.05) is 28.5 Å². The van der Waals surface area contributed by atoms with Crippen LogP contribution < -0.4 is 5.73 Å². The Morgan fingerprint density at radius 1 is 1.61 bits per heavy atom. The molecule has 0 aromatic carbocycles. The molecule has 1 fully saturated rings. The molecule has 1 aromatic rings. The van der Waals surface area contributed by atoms with Gasteiger partial charge in [0.25, 0.3) is 0 Å². The molecule has 1 atom stereocenters. The minimum absolute atomic E-state index is 0.130. The molecule has 1 amide bonds. The summed E-state index contributed by atoms with van der Waals surface area (Å²) in [5, 5.41) is 2.02. The number of nitrogens with zero attached hydrogens (tertiary/aromatic N) is 1. The number of nitrogens with two attached hydrogens (primary N) is 1. The highest BCUT2D eigenvalue weighted by Gasteiger charge is 2.21. The van der Waals surface area contributed by atoms with Gasteiger partial charge in [-0.3, -0.25) is 4.79 Å². The number of carbonyl (C=O) groups excluding carboxylic acids is 1. The molecule has 0 radical (unpaired) electrons. The van der Waals surface area contributed by atoms with Gasteiger partial charge in [-0.15, -0.1) is 11.3 Å². The van der Waals surface area contributed by atoms with Crippen LogP contribution in [0, 0.1) is 5.92 Å². The van der Waals surface area contributed by atoms with Crippen LogP contribution in [-0.2, 0) is 4.79 Å². The van der Waals surface area contributed by atoms with Crippen molar-refractivity contribution in [3.63, 3.8) is 0 Å². The predicted molar refractivity (Wildman–Crippen MR) is 76.3 cm³/mol. The maximum Gasteiger partial charge on any atom is 0.246 e. The summed E-state index contributed by atoms with van der Waals surface area (Å²) < 4.78 is 0. The standard InChI is InChI=1S/C14H20N2OS/c15-8-7-12-3-1-9-16(11-12)14(17)6-5-13-4-2-10-18-13/h2,4-6,10,12H,1,3,7-9,11,15H2. The van der Waals surface area contributed by atoms with Crippen molar-refractivity contribution in [1.82, 2.24) is 4.90 Å². The van der Waals surface area contributed by atoms with Crippen molar-refractivity contribution in [2.45, 2.75) is 19.3 Å². The number of hydrogen-bond donors (Lipinski definition) is 1. The summed E-state index contributed by atoms with van der Waals surface area (Å²) in [5.41, 5.74) is 5.59. The Labute approximate surface area is 112 Å². The Bertz CT molecular complexity index is 398. The molecule has 3 nitrogen and oxygen atoms in total. The van der Waals surface area contributed by atoms with E-state index in [4.69, 9.17) is 5.73 Å². The topological polar surface area (TPSA) is 46.3 Å². The predicted octanol–water partition coefficient (Wildman–Crippen LogP) is 2.35. The first-order chi connectivity index (χ1) is 8.79. The lowest BCUT2D eigenvalue weighted by atomic mass is 9.95. The lowest BCUT2D eigenvalue weighted by molar-refractivity contribution is -0.127. The van der Waals surface area contributed by atoms with E-state index in [1.54, 1.807) is 17.4 Å². The fourth-order valence-corrected chi connectivity index (χ4v) is 3.00. The molecule has 98 valence electrons. The summed E-state index contributed by atoms with van der Waals surface area (Å²) in [4.78, 5) is 15.1. The average molecular weight is 264 g/mol. The van der Waals surface area contributed by atoms with Crippen LogP contribution in [-0.4, -0.2) is 30.4 Å². The largest absolute Gasteiger partial charge is 0.339 e. The third-order valence-electron chi connectivity index (χ3n) is 3.34. The molecule has 0 spiro atoms. The van der Waals surface area contributed by atoms with Gasteiger partial charge in [-0.2, -0.15) is 0 Å². The first-order valence-electron chi connectivity index (χ1n) is 6.50. The van der Waals surface area contributed by atoms with Crippen molar-refractivity contribution in [2.24, 2.45) is 11.7 Å². The monoisotopic (exact) mass is 264 g/mol. The van der Waals surface area contributed by atoms with Gasteiger partial charge in [0.1, 0.15) is 0 Å². The van der Waals surface area contributed by atoms with Crippen molar-refractivity contribution in [1.29, 1.82) is 0 Å². The lowest BCUT2D eigenvalue weighted by Crippen LogP contribution is -2.39. The Balaban J connectivity index is 1.88. The van der Waals surface area contributed by atoms with Crippen LogP contribution in [0.2, 0.25) is 0 Å². The first-order valence-corrected chi connectivity index (χ1v) is 7.38. The van der Waals surface area contributed by atoms with Crippen molar-refractivity contribution >= 4 is 23.3 Å². The second kappa shape index (κ2) is 6.71. The van der Waals surface area contributed by atoms with E-state index < -0.39 is 0 Å². The second-order valence-electron chi connectivity index (χ2n) is 4.72. The van der Waals surface area contributed by atoms with Gasteiger partial charge in [-0.1, -0.05) is 6.07 Å². The van der Waals surface area contributed by atoms with E-state index in [0.29, 0.717) is 5.92 Å². The fourth-order valence-electron chi connectivity index (χ4n) is 2.38. The molecule has 2 heterocycles. The van der Waals surface area contributed by atoms with Crippen LogP contribution in [0.25, 0.3) is 6.08 Å². The number of rotatable bonds is 4. The molecule has 2 N–H and O–H groups in total. The van der Waals surface area contributed by atoms with Crippen LogP contribution in [0.1, 0.15) is 24.1 Å². The van der Waals surface area contributed by atoms with Crippen LogP contribution in [0.3, 0.4) is 0 Å². The molecular weight excluding hydrogens is 244 g/mol. The highest BCUT2D eigenvalue weighted by atomic mass is 32.1. The maximum absolute atomic E-state index is 12.1. The van der Waals surface area contributed by atoms with Gasteiger partial charge >= 0.3 is 0 Å². The summed E-state index contributed by atoms with van der Waals surface area (Å²) in [5.74, 6) is 0.716. The highest BCUT2D eigenvalue weighted by Crippen LogP contribution is 2.19. The SMILES string of the molecule is NCCC1CCCN(C(=O)C=Cc2cccs2)C1. The second-order valence-corrected chi connectivity index (χ2v) is 5.70. The molecule has 0 saturated carbocycles. The van der Waals surface area contributed by atoms with E-state index in [-0.39, 0.29) is 5.91 Å². The van der Waals surface area contributed by atoms with Gasteiger partial charge in [0.2, 0.25) is 5.91 Å². The molecular formula is C14H20N2OS. The summed E-state index contributed by atoms with van der Waals surface area (Å²) in [6.45, 7) is 2.47. The minimum atomic E-state index is 0.130. The molecule has 2 rings (SSSR count). The third kappa shape index (κ3) is 3.68. The van der Waals surface area contributed by atoms with Crippen molar-refractivity contribution in [2.75, 3.05) is 19.6 Å². The van der Waals surface area contributed by atoms with Gasteiger partial charge in [0.05, 0.1) is 0 Å². The lowest BCUT2D eigenvalue weighted by Gasteiger charge is -2.31. The molecule has 4 heteroatoms. The zero-order valence-corrected chi connectivity index (χ0v) is 11.4. The van der Waals surface area contributed by atoms with Crippen LogP contribution in [0.15, 0.2) is 23.6 Å². The quantitative estimate of drug-likeness (QED) is 0.849. The maximum atomic E-state index is 12.1. The molecule has 1 saturated heterocycles. The Morgan fingerprint density at radius 2 is 2.50 bits per heavy atom. The number of thiophene rings is 1. The molecule has 0 bridgehead atoms. The number of carbonyl (C=O) groups is 1. The molecule has 1 aromatic heterocycles. The Hall–Kier alpha value is -1.13. The van der Waals surface area contributed by atoms with E-state index in [2.05, 4.69) is 0 Å². The number of hydrogen-bond acceptors (Lipinski definition) is 3. The zero-order valence-electron chi connectivity index (χ0n) is 10.5. The van der Waals surface area contributed by atoms with Gasteiger partial charge in [0.15, 0.2) is 0 Å². The summed E-state index contributed by atoms with van der Waals surface area (Å²) in [6.07, 6.45) is 6.92. The minimum Gasteiger partial charge on any atom is -0.339 e. The normalized spacial score (nSPS) is 20.5. The van der Waals surface area contributed by atoms with Crippen LogP contribution in [0.4, 0.5) is 0 Å². The van der Waals surface area contributed by atoms with Crippen LogP contribution in [0.5, 0.6) is 0 Å². The van der Waals surface area contributed by atoms with E-state index in [0.717, 1.165) is 37.4 Å². The Kier molecular flexibility index (Phi) is 4.96. The third-order valence-corrected chi connectivity index (χ3v) is 4.18. The van der Waals surface area contributed by atoms with E-state index in [9.17, 15) is 4.79 Å². The van der Waals surface area contributed by atoms with Gasteiger partial charge in [0, 0.05) is 24.0 Å². The molecule has 0 aliphatic carbocycles. The average Bonchev–Trinajstić information content (AvgIpc) is 2.90. The number of likely N-dealkylation sites (tertiary alicyclic amines) is 1. The van der Waals surface area contributed by atoms with Crippen molar-refractivity contribution in [3.8, 4) is 0 Å². The highest BCUT2D eigenvalue weighted by molar-refractivity contribution is 7.10. The Morgan fingerprint density at radius 3 is 3.22 bits per heavy atom. The summed E-state index contributed by atoms with van der Waals surface area (Å²) >= 11 is 1.65. The number of amides is 1. The van der Waals surface area contributed by atoms with Crippen LogP contribution >= 0.6 is 11.3 Å². The molecule has 1 unspecified atom stereocenters.